The van der Waals surface area contributed by atoms with Crippen LogP contribution in [0, 0.1) is 0 Å². The molecule has 0 bridgehead atoms. The van der Waals surface area contributed by atoms with Crippen LogP contribution in [0.3, 0.4) is 0 Å². The van der Waals surface area contributed by atoms with Gasteiger partial charge in [0.15, 0.2) is 5.58 Å². The number of hydrogen-bond donors (Lipinski definition) is 1. The van der Waals surface area contributed by atoms with Crippen molar-refractivity contribution in [3.8, 4) is 0 Å². The first-order valence-corrected chi connectivity index (χ1v) is 10.7. The number of carbonyl (C=O) groups is 1. The molecule has 0 aliphatic carbocycles. The summed E-state index contributed by atoms with van der Waals surface area (Å²) in [6, 6.07) is 9.12. The largest absolute Gasteiger partial charge is 0.419 e. The molecule has 2 aromatic heterocycles. The average Bonchev–Trinajstić information content (AvgIpc) is 3.07. The van der Waals surface area contributed by atoms with Crippen LogP contribution in [-0.4, -0.2) is 58.5 Å². The summed E-state index contributed by atoms with van der Waals surface area (Å²) in [7, 11) is 3.92. The third-order valence-electron chi connectivity index (χ3n) is 5.73. The van der Waals surface area contributed by atoms with E-state index in [1.54, 1.807) is 22.9 Å². The topological polar surface area (TPSA) is 83.6 Å². The molecule has 8 heteroatoms. The third-order valence-corrected chi connectivity index (χ3v) is 5.73. The molecule has 1 amide bonds. The van der Waals surface area contributed by atoms with Crippen molar-refractivity contribution in [2.45, 2.75) is 38.4 Å². The molecule has 1 saturated heterocycles. The van der Waals surface area contributed by atoms with Gasteiger partial charge >= 0.3 is 5.76 Å². The predicted molar refractivity (Wildman–Crippen MR) is 120 cm³/mol. The number of piperidine rings is 1. The summed E-state index contributed by atoms with van der Waals surface area (Å²) in [5, 5.41) is 3.06. The third kappa shape index (κ3) is 5.03. The van der Waals surface area contributed by atoms with E-state index in [4.69, 9.17) is 4.42 Å². The highest BCUT2D eigenvalue weighted by atomic mass is 16.4. The van der Waals surface area contributed by atoms with Gasteiger partial charge in [-0.1, -0.05) is 12.5 Å². The van der Waals surface area contributed by atoms with Gasteiger partial charge in [-0.3, -0.25) is 19.2 Å². The molecule has 1 N–H and O–H groups in total. The van der Waals surface area contributed by atoms with E-state index in [1.807, 2.05) is 43.4 Å². The minimum atomic E-state index is -0.379. The zero-order chi connectivity index (χ0) is 21.8. The Labute approximate surface area is 181 Å². The Morgan fingerprint density at radius 2 is 2.16 bits per heavy atom. The molecule has 0 spiro atoms. The highest BCUT2D eigenvalue weighted by Gasteiger charge is 2.29. The minimum Gasteiger partial charge on any atom is -0.408 e. The Morgan fingerprint density at radius 1 is 1.29 bits per heavy atom. The van der Waals surface area contributed by atoms with E-state index < -0.39 is 0 Å². The molecule has 0 radical (unpaired) electrons. The van der Waals surface area contributed by atoms with Crippen molar-refractivity contribution in [3.63, 3.8) is 0 Å². The maximum absolute atomic E-state index is 13.1. The molecule has 1 aromatic carbocycles. The molecule has 1 aliphatic heterocycles. The number of pyridine rings is 1. The molecule has 8 nitrogen and oxygen atoms in total. The van der Waals surface area contributed by atoms with Crippen molar-refractivity contribution in [2.24, 2.45) is 0 Å². The Balaban J connectivity index is 1.51. The van der Waals surface area contributed by atoms with E-state index in [0.29, 0.717) is 29.9 Å². The number of fused-ring (bicyclic) bond motifs is 1. The van der Waals surface area contributed by atoms with Crippen LogP contribution >= 0.6 is 0 Å². The first-order chi connectivity index (χ1) is 15.0. The van der Waals surface area contributed by atoms with Gasteiger partial charge in [0.25, 0.3) is 0 Å². The summed E-state index contributed by atoms with van der Waals surface area (Å²) in [6.45, 7) is 2.84. The van der Waals surface area contributed by atoms with Crippen LogP contribution in [0.2, 0.25) is 0 Å². The molecule has 1 fully saturated rings. The number of oxazole rings is 1. The van der Waals surface area contributed by atoms with Crippen LogP contribution in [0.25, 0.3) is 11.1 Å². The molecule has 31 heavy (non-hydrogen) atoms. The number of rotatable bonds is 7. The van der Waals surface area contributed by atoms with Crippen LogP contribution in [0.1, 0.15) is 24.8 Å². The van der Waals surface area contributed by atoms with Gasteiger partial charge < -0.3 is 14.6 Å². The number of aromatic nitrogens is 2. The van der Waals surface area contributed by atoms with Crippen molar-refractivity contribution in [2.75, 3.05) is 32.5 Å². The highest BCUT2D eigenvalue weighted by molar-refractivity contribution is 5.96. The van der Waals surface area contributed by atoms with Gasteiger partial charge in [0.1, 0.15) is 0 Å². The molecule has 3 aromatic rings. The lowest BCUT2D eigenvalue weighted by Gasteiger charge is -2.34. The standard InChI is InChI=1S/C23H29N5O3/c1-26(2)12-13-28-20-14-18(8-9-21(20)31-23(28)30)25-22(29)19-7-3-4-11-27(19)16-17-6-5-10-24-15-17/h5-6,8-10,14-15,19H,3-4,7,11-13,16H2,1-2H3,(H,25,29). The summed E-state index contributed by atoms with van der Waals surface area (Å²) in [5.74, 6) is -0.399. The second-order valence-electron chi connectivity index (χ2n) is 8.34. The predicted octanol–water partition coefficient (Wildman–Crippen LogP) is 2.54. The average molecular weight is 424 g/mol. The van der Waals surface area contributed by atoms with Crippen molar-refractivity contribution >= 4 is 22.7 Å². The summed E-state index contributed by atoms with van der Waals surface area (Å²) in [6.07, 6.45) is 6.56. The molecule has 1 aliphatic rings. The number of anilines is 1. The Bertz CT molecular complexity index is 1090. The maximum Gasteiger partial charge on any atom is 0.419 e. The van der Waals surface area contributed by atoms with Crippen molar-refractivity contribution in [3.05, 3.63) is 58.8 Å². The number of nitrogens with zero attached hydrogens (tertiary/aromatic N) is 4. The SMILES string of the molecule is CN(C)CCn1c(=O)oc2ccc(NC(=O)C3CCCCN3Cc3cccnc3)cc21. The van der Waals surface area contributed by atoms with E-state index in [0.717, 1.165) is 37.9 Å². The normalized spacial score (nSPS) is 17.3. The quantitative estimate of drug-likeness (QED) is 0.629. The number of hydrogen-bond acceptors (Lipinski definition) is 6. The van der Waals surface area contributed by atoms with Crippen molar-refractivity contribution in [1.82, 2.24) is 19.4 Å². The maximum atomic E-state index is 13.1. The van der Waals surface area contributed by atoms with E-state index in [1.165, 1.54) is 0 Å². The number of amides is 1. The van der Waals surface area contributed by atoms with Gasteiger partial charge in [0.05, 0.1) is 11.6 Å². The Kier molecular flexibility index (Phi) is 6.48. The van der Waals surface area contributed by atoms with Gasteiger partial charge in [-0.2, -0.15) is 0 Å². The molecular formula is C23H29N5O3. The molecule has 164 valence electrons. The van der Waals surface area contributed by atoms with Crippen LogP contribution in [0.4, 0.5) is 5.69 Å². The lowest BCUT2D eigenvalue weighted by atomic mass is 10.0. The first-order valence-electron chi connectivity index (χ1n) is 10.7. The summed E-state index contributed by atoms with van der Waals surface area (Å²) in [4.78, 5) is 33.8. The second-order valence-corrected chi connectivity index (χ2v) is 8.34. The number of benzene rings is 1. The van der Waals surface area contributed by atoms with E-state index >= 15 is 0 Å². The first kappa shape index (κ1) is 21.3. The van der Waals surface area contributed by atoms with Gasteiger partial charge in [-0.05, 0) is 63.3 Å². The molecule has 3 heterocycles. The summed E-state index contributed by atoms with van der Waals surface area (Å²) >= 11 is 0. The second kappa shape index (κ2) is 9.45. The number of nitrogens with one attached hydrogen (secondary N) is 1. The molecule has 1 atom stereocenters. The zero-order valence-electron chi connectivity index (χ0n) is 18.1. The molecular weight excluding hydrogens is 394 g/mol. The number of carbonyl (C=O) groups excluding carboxylic acids is 1. The molecule has 0 saturated carbocycles. The summed E-state index contributed by atoms with van der Waals surface area (Å²) in [5.41, 5.74) is 2.99. The number of likely N-dealkylation sites (N-methyl/N-ethyl adjacent to an activating group) is 1. The van der Waals surface area contributed by atoms with Gasteiger partial charge in [-0.15, -0.1) is 0 Å². The lowest BCUT2D eigenvalue weighted by Crippen LogP contribution is -2.46. The zero-order valence-corrected chi connectivity index (χ0v) is 18.1. The van der Waals surface area contributed by atoms with Crippen LogP contribution in [0.15, 0.2) is 51.9 Å². The van der Waals surface area contributed by atoms with Gasteiger partial charge in [0.2, 0.25) is 5.91 Å². The number of likely N-dealkylation sites (tertiary alicyclic amines) is 1. The fraction of sp³-hybridized carbons (Fsp3) is 0.435. The van der Waals surface area contributed by atoms with E-state index in [9.17, 15) is 9.59 Å². The Hall–Kier alpha value is -2.97. The van der Waals surface area contributed by atoms with E-state index in [-0.39, 0.29) is 17.7 Å². The van der Waals surface area contributed by atoms with Gasteiger partial charge in [-0.25, -0.2) is 4.79 Å². The molecule has 1 unspecified atom stereocenters. The minimum absolute atomic E-state index is 0.0198. The fourth-order valence-electron chi connectivity index (χ4n) is 4.08. The lowest BCUT2D eigenvalue weighted by molar-refractivity contribution is -0.122. The summed E-state index contributed by atoms with van der Waals surface area (Å²) < 4.78 is 6.96. The molecule has 4 rings (SSSR count). The van der Waals surface area contributed by atoms with Crippen LogP contribution in [-0.2, 0) is 17.9 Å². The van der Waals surface area contributed by atoms with Crippen LogP contribution in [0.5, 0.6) is 0 Å². The van der Waals surface area contributed by atoms with Crippen molar-refractivity contribution in [1.29, 1.82) is 0 Å². The van der Waals surface area contributed by atoms with Crippen LogP contribution < -0.4 is 11.1 Å². The smallest absolute Gasteiger partial charge is 0.408 e. The fourth-order valence-corrected chi connectivity index (χ4v) is 4.08. The van der Waals surface area contributed by atoms with Gasteiger partial charge in [0, 0.05) is 37.7 Å². The highest BCUT2D eigenvalue weighted by Crippen LogP contribution is 2.23. The van der Waals surface area contributed by atoms with Crippen molar-refractivity contribution < 1.29 is 9.21 Å². The van der Waals surface area contributed by atoms with E-state index in [2.05, 4.69) is 15.2 Å². The monoisotopic (exact) mass is 423 g/mol. The Morgan fingerprint density at radius 3 is 2.94 bits per heavy atom.